The van der Waals surface area contributed by atoms with Crippen LogP contribution in [0.1, 0.15) is 52.0 Å². The van der Waals surface area contributed by atoms with Crippen LogP contribution in [0, 0.1) is 0 Å². The minimum Gasteiger partial charge on any atom is -0.368 e. The topological polar surface area (TPSA) is 60.0 Å². The van der Waals surface area contributed by atoms with E-state index in [9.17, 15) is 0 Å². The summed E-state index contributed by atoms with van der Waals surface area (Å²) in [6.45, 7) is 6.38. The first-order chi connectivity index (χ1) is 8.22. The summed E-state index contributed by atoms with van der Waals surface area (Å²) < 4.78 is 1.85. The van der Waals surface area contributed by atoms with Crippen molar-refractivity contribution in [2.75, 3.05) is 23.7 Å². The molecule has 2 N–H and O–H groups in total. The van der Waals surface area contributed by atoms with E-state index < -0.39 is 0 Å². The maximum atomic E-state index is 5.93. The molecule has 96 valence electrons. The van der Waals surface area contributed by atoms with E-state index in [-0.39, 0.29) is 0 Å². The number of nitrogens with zero attached hydrogens (tertiary/aromatic N) is 4. The zero-order valence-electron chi connectivity index (χ0n) is 10.9. The highest BCUT2D eigenvalue weighted by Crippen LogP contribution is 2.20. The lowest BCUT2D eigenvalue weighted by Crippen LogP contribution is -2.25. The molecule has 5 nitrogen and oxygen atoms in total. The van der Waals surface area contributed by atoms with Crippen molar-refractivity contribution in [2.45, 2.75) is 52.0 Å². The Labute approximate surface area is 103 Å². The SMILES string of the molecule is CCC(C)n1nc(N2CCCCCC2)nc1N. The van der Waals surface area contributed by atoms with Crippen LogP contribution in [-0.4, -0.2) is 27.9 Å². The van der Waals surface area contributed by atoms with Crippen molar-refractivity contribution < 1.29 is 0 Å². The lowest BCUT2D eigenvalue weighted by Gasteiger charge is -2.17. The zero-order valence-corrected chi connectivity index (χ0v) is 10.9. The maximum absolute atomic E-state index is 5.93. The van der Waals surface area contributed by atoms with Crippen LogP contribution in [0.2, 0.25) is 0 Å². The van der Waals surface area contributed by atoms with E-state index in [0.717, 1.165) is 25.5 Å². The summed E-state index contributed by atoms with van der Waals surface area (Å²) in [6, 6.07) is 0.322. The van der Waals surface area contributed by atoms with Crippen molar-refractivity contribution in [1.29, 1.82) is 0 Å². The van der Waals surface area contributed by atoms with Gasteiger partial charge in [-0.05, 0) is 26.2 Å². The molecule has 1 aliphatic rings. The molecule has 0 spiro atoms. The first-order valence-electron chi connectivity index (χ1n) is 6.69. The Kier molecular flexibility index (Phi) is 3.86. The van der Waals surface area contributed by atoms with Gasteiger partial charge in [0.2, 0.25) is 11.9 Å². The van der Waals surface area contributed by atoms with Gasteiger partial charge in [-0.25, -0.2) is 4.68 Å². The molecule has 2 rings (SSSR count). The van der Waals surface area contributed by atoms with E-state index in [4.69, 9.17) is 5.73 Å². The molecule has 1 aromatic heterocycles. The summed E-state index contributed by atoms with van der Waals surface area (Å²) in [4.78, 5) is 6.67. The molecule has 1 aliphatic heterocycles. The monoisotopic (exact) mass is 237 g/mol. The van der Waals surface area contributed by atoms with Crippen LogP contribution in [0.3, 0.4) is 0 Å². The Bertz CT molecular complexity index is 352. The minimum atomic E-state index is 0.322. The predicted octanol–water partition coefficient (Wildman–Crippen LogP) is 2.21. The summed E-state index contributed by atoms with van der Waals surface area (Å²) in [5.74, 6) is 1.35. The number of aromatic nitrogens is 3. The molecule has 1 saturated heterocycles. The van der Waals surface area contributed by atoms with Crippen molar-refractivity contribution in [3.8, 4) is 0 Å². The molecule has 0 radical (unpaired) electrons. The Morgan fingerprint density at radius 3 is 2.47 bits per heavy atom. The third-order valence-corrected chi connectivity index (χ3v) is 3.54. The van der Waals surface area contributed by atoms with Gasteiger partial charge in [0.05, 0.1) is 6.04 Å². The molecule has 0 aromatic carbocycles. The van der Waals surface area contributed by atoms with Crippen LogP contribution >= 0.6 is 0 Å². The molecular formula is C12H23N5. The smallest absolute Gasteiger partial charge is 0.246 e. The molecule has 1 aromatic rings. The Hall–Kier alpha value is -1.26. The van der Waals surface area contributed by atoms with Gasteiger partial charge in [0.25, 0.3) is 0 Å². The van der Waals surface area contributed by atoms with Crippen molar-refractivity contribution in [2.24, 2.45) is 0 Å². The summed E-state index contributed by atoms with van der Waals surface area (Å²) in [5.41, 5.74) is 5.93. The molecule has 2 heterocycles. The molecule has 1 fully saturated rings. The number of nitrogens with two attached hydrogens (primary N) is 1. The lowest BCUT2D eigenvalue weighted by molar-refractivity contribution is 0.483. The van der Waals surface area contributed by atoms with Crippen molar-refractivity contribution in [3.05, 3.63) is 0 Å². The van der Waals surface area contributed by atoms with Crippen LogP contribution in [0.15, 0.2) is 0 Å². The lowest BCUT2D eigenvalue weighted by atomic mass is 10.2. The van der Waals surface area contributed by atoms with Gasteiger partial charge in [0.1, 0.15) is 0 Å². The van der Waals surface area contributed by atoms with Crippen LogP contribution in [-0.2, 0) is 0 Å². The van der Waals surface area contributed by atoms with Crippen molar-refractivity contribution in [1.82, 2.24) is 14.8 Å². The average Bonchev–Trinajstić information content (AvgIpc) is 2.57. The average molecular weight is 237 g/mol. The maximum Gasteiger partial charge on any atom is 0.246 e. The predicted molar refractivity (Wildman–Crippen MR) is 70.1 cm³/mol. The van der Waals surface area contributed by atoms with Gasteiger partial charge in [-0.1, -0.05) is 19.8 Å². The molecule has 0 saturated carbocycles. The minimum absolute atomic E-state index is 0.322. The zero-order chi connectivity index (χ0) is 12.3. The van der Waals surface area contributed by atoms with Crippen molar-refractivity contribution >= 4 is 11.9 Å². The molecule has 5 heteroatoms. The second kappa shape index (κ2) is 5.38. The number of nitrogen functional groups attached to an aromatic ring is 1. The van der Waals surface area contributed by atoms with E-state index in [0.29, 0.717) is 12.0 Å². The van der Waals surface area contributed by atoms with E-state index in [1.165, 1.54) is 25.7 Å². The number of rotatable bonds is 3. The van der Waals surface area contributed by atoms with E-state index in [1.54, 1.807) is 0 Å². The fourth-order valence-electron chi connectivity index (χ4n) is 2.23. The molecule has 17 heavy (non-hydrogen) atoms. The summed E-state index contributed by atoms with van der Waals surface area (Å²) in [5, 5.41) is 4.55. The second-order valence-electron chi connectivity index (χ2n) is 4.87. The van der Waals surface area contributed by atoms with Crippen molar-refractivity contribution in [3.63, 3.8) is 0 Å². The third-order valence-electron chi connectivity index (χ3n) is 3.54. The fraction of sp³-hybridized carbons (Fsp3) is 0.833. The molecule has 0 amide bonds. The standard InChI is InChI=1S/C12H23N5/c1-3-10(2)17-11(13)14-12(15-17)16-8-6-4-5-7-9-16/h10H,3-9H2,1-2H3,(H2,13,14,15). The van der Waals surface area contributed by atoms with Crippen LogP contribution in [0.5, 0.6) is 0 Å². The highest BCUT2D eigenvalue weighted by atomic mass is 15.5. The van der Waals surface area contributed by atoms with Gasteiger partial charge in [-0.3, -0.25) is 0 Å². The van der Waals surface area contributed by atoms with Gasteiger partial charge in [-0.2, -0.15) is 4.98 Å². The van der Waals surface area contributed by atoms with Crippen LogP contribution in [0.4, 0.5) is 11.9 Å². The molecule has 1 unspecified atom stereocenters. The summed E-state index contributed by atoms with van der Waals surface area (Å²) >= 11 is 0. The van der Waals surface area contributed by atoms with Gasteiger partial charge in [0.15, 0.2) is 0 Å². The summed E-state index contributed by atoms with van der Waals surface area (Å²) in [7, 11) is 0. The van der Waals surface area contributed by atoms with Crippen LogP contribution in [0.25, 0.3) is 0 Å². The molecule has 0 aliphatic carbocycles. The Morgan fingerprint density at radius 1 is 1.24 bits per heavy atom. The van der Waals surface area contributed by atoms with Gasteiger partial charge in [-0.15, -0.1) is 5.10 Å². The fourth-order valence-corrected chi connectivity index (χ4v) is 2.23. The summed E-state index contributed by atoms with van der Waals surface area (Å²) in [6.07, 6.45) is 6.12. The number of hydrogen-bond donors (Lipinski definition) is 1. The number of anilines is 2. The van der Waals surface area contributed by atoms with Gasteiger partial charge >= 0.3 is 0 Å². The molecular weight excluding hydrogens is 214 g/mol. The van der Waals surface area contributed by atoms with Crippen LogP contribution < -0.4 is 10.6 Å². The number of hydrogen-bond acceptors (Lipinski definition) is 4. The largest absolute Gasteiger partial charge is 0.368 e. The molecule has 0 bridgehead atoms. The highest BCUT2D eigenvalue weighted by Gasteiger charge is 2.17. The second-order valence-corrected chi connectivity index (χ2v) is 4.87. The van der Waals surface area contributed by atoms with E-state index in [1.807, 2.05) is 4.68 Å². The van der Waals surface area contributed by atoms with E-state index in [2.05, 4.69) is 28.8 Å². The molecule has 1 atom stereocenters. The van der Waals surface area contributed by atoms with Gasteiger partial charge < -0.3 is 10.6 Å². The quantitative estimate of drug-likeness (QED) is 0.875. The van der Waals surface area contributed by atoms with E-state index >= 15 is 0 Å². The third kappa shape index (κ3) is 2.70. The first kappa shape index (κ1) is 12.2. The Morgan fingerprint density at radius 2 is 1.88 bits per heavy atom. The first-order valence-corrected chi connectivity index (χ1v) is 6.69. The normalized spacial score (nSPS) is 19.1. The highest BCUT2D eigenvalue weighted by molar-refractivity contribution is 5.35. The Balaban J connectivity index is 2.15. The van der Waals surface area contributed by atoms with Gasteiger partial charge in [0, 0.05) is 13.1 Å².